The van der Waals surface area contributed by atoms with E-state index in [9.17, 15) is 0 Å². The van der Waals surface area contributed by atoms with Crippen LogP contribution in [0.25, 0.3) is 11.5 Å². The predicted molar refractivity (Wildman–Crippen MR) is 111 cm³/mol. The summed E-state index contributed by atoms with van der Waals surface area (Å²) in [6, 6.07) is 16.4. The maximum atomic E-state index is 5.97. The lowest BCUT2D eigenvalue weighted by molar-refractivity contribution is 0.0876. The Labute approximate surface area is 170 Å². The van der Waals surface area contributed by atoms with Crippen molar-refractivity contribution in [2.45, 2.75) is 26.4 Å². The molecular formula is C22H25ClN4O. The van der Waals surface area contributed by atoms with Crippen molar-refractivity contribution in [1.82, 2.24) is 20.0 Å². The summed E-state index contributed by atoms with van der Waals surface area (Å²) in [6.07, 6.45) is 0. The first-order valence-electron chi connectivity index (χ1n) is 9.70. The largest absolute Gasteiger partial charge is 0.419 e. The Morgan fingerprint density at radius 2 is 1.64 bits per heavy atom. The zero-order valence-corrected chi connectivity index (χ0v) is 17.1. The summed E-state index contributed by atoms with van der Waals surface area (Å²) in [5.41, 5.74) is 3.48. The van der Waals surface area contributed by atoms with Crippen LogP contribution in [-0.4, -0.2) is 46.2 Å². The fourth-order valence-electron chi connectivity index (χ4n) is 3.53. The van der Waals surface area contributed by atoms with Crippen LogP contribution in [0.1, 0.15) is 30.0 Å². The third kappa shape index (κ3) is 4.43. The van der Waals surface area contributed by atoms with Gasteiger partial charge in [-0.05, 0) is 43.7 Å². The molecule has 0 bridgehead atoms. The minimum absolute atomic E-state index is 0.115. The number of halogens is 1. The highest BCUT2D eigenvalue weighted by Gasteiger charge is 2.25. The molecule has 1 saturated heterocycles. The SMILES string of the molecule is Cc1ccc(-c2nnc([C@@H](C)N3CCN(Cc4ccc(Cl)cc4)CC3)o2)cc1. The molecule has 0 radical (unpaired) electrons. The molecule has 1 fully saturated rings. The molecule has 0 spiro atoms. The first kappa shape index (κ1) is 19.1. The van der Waals surface area contributed by atoms with E-state index in [1.54, 1.807) is 0 Å². The molecule has 4 rings (SSSR count). The first-order valence-corrected chi connectivity index (χ1v) is 10.1. The van der Waals surface area contributed by atoms with Crippen molar-refractivity contribution < 1.29 is 4.42 Å². The highest BCUT2D eigenvalue weighted by molar-refractivity contribution is 6.30. The molecule has 0 N–H and O–H groups in total. The van der Waals surface area contributed by atoms with Gasteiger partial charge in [-0.2, -0.15) is 0 Å². The number of nitrogens with zero attached hydrogens (tertiary/aromatic N) is 4. The van der Waals surface area contributed by atoms with Crippen molar-refractivity contribution in [3.63, 3.8) is 0 Å². The Morgan fingerprint density at radius 3 is 2.32 bits per heavy atom. The van der Waals surface area contributed by atoms with Crippen LogP contribution in [0.3, 0.4) is 0 Å². The molecule has 1 aromatic heterocycles. The van der Waals surface area contributed by atoms with Gasteiger partial charge in [0, 0.05) is 43.3 Å². The van der Waals surface area contributed by atoms with Crippen molar-refractivity contribution in [3.05, 3.63) is 70.6 Å². The molecule has 1 atom stereocenters. The minimum atomic E-state index is 0.115. The molecule has 28 heavy (non-hydrogen) atoms. The summed E-state index contributed by atoms with van der Waals surface area (Å²) in [5.74, 6) is 1.27. The monoisotopic (exact) mass is 396 g/mol. The van der Waals surface area contributed by atoms with Crippen molar-refractivity contribution >= 4 is 11.6 Å². The molecule has 0 unspecified atom stereocenters. The van der Waals surface area contributed by atoms with Gasteiger partial charge in [-0.1, -0.05) is 41.4 Å². The van der Waals surface area contributed by atoms with E-state index >= 15 is 0 Å². The Kier molecular flexibility index (Phi) is 5.76. The topological polar surface area (TPSA) is 45.4 Å². The number of hydrogen-bond donors (Lipinski definition) is 0. The van der Waals surface area contributed by atoms with Crippen LogP contribution in [0.4, 0.5) is 0 Å². The Bertz CT molecular complexity index is 899. The van der Waals surface area contributed by atoms with E-state index in [1.165, 1.54) is 11.1 Å². The van der Waals surface area contributed by atoms with Gasteiger partial charge in [0.2, 0.25) is 11.8 Å². The number of benzene rings is 2. The normalized spacial score (nSPS) is 17.0. The standard InChI is InChI=1S/C22H25ClN4O/c1-16-3-7-19(8-4-16)22-25-24-21(28-22)17(2)27-13-11-26(12-14-27)15-18-5-9-20(23)10-6-18/h3-10,17H,11-15H2,1-2H3/t17-/m1/s1. The number of piperazine rings is 1. The summed E-state index contributed by atoms with van der Waals surface area (Å²) in [6.45, 7) is 9.17. The van der Waals surface area contributed by atoms with Crippen LogP contribution in [0.2, 0.25) is 5.02 Å². The molecule has 1 aliphatic rings. The van der Waals surface area contributed by atoms with E-state index in [0.29, 0.717) is 11.8 Å². The van der Waals surface area contributed by atoms with Crippen LogP contribution < -0.4 is 0 Å². The van der Waals surface area contributed by atoms with Crippen LogP contribution in [0, 0.1) is 6.92 Å². The Balaban J connectivity index is 1.34. The van der Waals surface area contributed by atoms with Gasteiger partial charge in [0.1, 0.15) is 0 Å². The van der Waals surface area contributed by atoms with E-state index in [-0.39, 0.29) is 6.04 Å². The van der Waals surface area contributed by atoms with Crippen LogP contribution in [0.15, 0.2) is 52.9 Å². The van der Waals surface area contributed by atoms with Crippen LogP contribution in [-0.2, 0) is 6.54 Å². The Morgan fingerprint density at radius 1 is 0.964 bits per heavy atom. The van der Waals surface area contributed by atoms with Crippen molar-refractivity contribution in [2.24, 2.45) is 0 Å². The highest BCUT2D eigenvalue weighted by Crippen LogP contribution is 2.25. The lowest BCUT2D eigenvalue weighted by Crippen LogP contribution is -2.46. The third-order valence-electron chi connectivity index (χ3n) is 5.37. The number of rotatable bonds is 5. The van der Waals surface area contributed by atoms with Crippen molar-refractivity contribution in [2.75, 3.05) is 26.2 Å². The molecule has 2 heterocycles. The second-order valence-electron chi connectivity index (χ2n) is 7.43. The lowest BCUT2D eigenvalue weighted by atomic mass is 10.1. The molecule has 0 aliphatic carbocycles. The van der Waals surface area contributed by atoms with Crippen LogP contribution >= 0.6 is 11.6 Å². The average Bonchev–Trinajstić information content (AvgIpc) is 3.20. The quantitative estimate of drug-likeness (QED) is 0.631. The van der Waals surface area contributed by atoms with Gasteiger partial charge in [0.25, 0.3) is 0 Å². The lowest BCUT2D eigenvalue weighted by Gasteiger charge is -2.36. The summed E-state index contributed by atoms with van der Waals surface area (Å²) >= 11 is 5.97. The molecule has 3 aromatic rings. The van der Waals surface area contributed by atoms with Crippen molar-refractivity contribution in [1.29, 1.82) is 0 Å². The first-order chi connectivity index (χ1) is 13.6. The second-order valence-corrected chi connectivity index (χ2v) is 7.86. The number of hydrogen-bond acceptors (Lipinski definition) is 5. The smallest absolute Gasteiger partial charge is 0.247 e. The maximum Gasteiger partial charge on any atom is 0.247 e. The summed E-state index contributed by atoms with van der Waals surface area (Å²) in [7, 11) is 0. The number of aromatic nitrogens is 2. The molecule has 146 valence electrons. The van der Waals surface area contributed by atoms with Gasteiger partial charge in [-0.25, -0.2) is 0 Å². The van der Waals surface area contributed by atoms with Gasteiger partial charge >= 0.3 is 0 Å². The maximum absolute atomic E-state index is 5.97. The van der Waals surface area contributed by atoms with E-state index in [4.69, 9.17) is 16.0 Å². The van der Waals surface area contributed by atoms with E-state index < -0.39 is 0 Å². The van der Waals surface area contributed by atoms with Crippen molar-refractivity contribution in [3.8, 4) is 11.5 Å². The van der Waals surface area contributed by atoms with Gasteiger partial charge in [0.05, 0.1) is 6.04 Å². The Hall–Kier alpha value is -2.21. The summed E-state index contributed by atoms with van der Waals surface area (Å²) in [4.78, 5) is 4.88. The predicted octanol–water partition coefficient (Wildman–Crippen LogP) is 4.58. The molecule has 2 aromatic carbocycles. The summed E-state index contributed by atoms with van der Waals surface area (Å²) < 4.78 is 5.97. The third-order valence-corrected chi connectivity index (χ3v) is 5.62. The molecular weight excluding hydrogens is 372 g/mol. The molecule has 0 amide bonds. The molecule has 0 saturated carbocycles. The van der Waals surface area contributed by atoms with Gasteiger partial charge < -0.3 is 4.42 Å². The van der Waals surface area contributed by atoms with E-state index in [1.807, 2.05) is 24.3 Å². The van der Waals surface area contributed by atoms with E-state index in [0.717, 1.165) is 43.3 Å². The van der Waals surface area contributed by atoms with Gasteiger partial charge in [-0.15, -0.1) is 10.2 Å². The minimum Gasteiger partial charge on any atom is -0.419 e. The van der Waals surface area contributed by atoms with Gasteiger partial charge in [0.15, 0.2) is 0 Å². The molecule has 6 heteroatoms. The zero-order chi connectivity index (χ0) is 19.5. The van der Waals surface area contributed by atoms with Gasteiger partial charge in [-0.3, -0.25) is 9.80 Å². The molecule has 1 aliphatic heterocycles. The number of aryl methyl sites for hydroxylation is 1. The average molecular weight is 397 g/mol. The second kappa shape index (κ2) is 8.43. The molecule has 5 nitrogen and oxygen atoms in total. The highest BCUT2D eigenvalue weighted by atomic mass is 35.5. The zero-order valence-electron chi connectivity index (χ0n) is 16.3. The fraction of sp³-hybridized carbons (Fsp3) is 0.364. The van der Waals surface area contributed by atoms with Crippen LogP contribution in [0.5, 0.6) is 0 Å². The van der Waals surface area contributed by atoms with E-state index in [2.05, 4.69) is 58.1 Å². The fourth-order valence-corrected chi connectivity index (χ4v) is 3.66. The summed E-state index contributed by atoms with van der Waals surface area (Å²) in [5, 5.41) is 9.33.